The van der Waals surface area contributed by atoms with Gasteiger partial charge in [0.2, 0.25) is 0 Å². The molecule has 0 radical (unpaired) electrons. The fourth-order valence-corrected chi connectivity index (χ4v) is 4.28. The van der Waals surface area contributed by atoms with Crippen LogP contribution in [0.25, 0.3) is 0 Å². The minimum Gasteiger partial charge on any atom is -0.494 e. The highest BCUT2D eigenvalue weighted by Crippen LogP contribution is 2.25. The lowest BCUT2D eigenvalue weighted by molar-refractivity contribution is 0.0757. The van der Waals surface area contributed by atoms with Gasteiger partial charge >= 0.3 is 0 Å². The normalized spacial score (nSPS) is 15.2. The van der Waals surface area contributed by atoms with Crippen LogP contribution < -0.4 is 9.47 Å². The summed E-state index contributed by atoms with van der Waals surface area (Å²) in [4.78, 5) is 2.45. The number of hydrogen-bond acceptors (Lipinski definition) is 4. The SMILES string of the molecule is CCOc1ccc(CN2CCOCCOc3ccc(CC)cc3Cc3cccc(c3)C2)cc1. The molecule has 1 aliphatic rings. The summed E-state index contributed by atoms with van der Waals surface area (Å²) >= 11 is 0. The Morgan fingerprint density at radius 1 is 0.848 bits per heavy atom. The van der Waals surface area contributed by atoms with Crippen molar-refractivity contribution in [2.24, 2.45) is 0 Å². The van der Waals surface area contributed by atoms with Crippen molar-refractivity contribution in [1.29, 1.82) is 0 Å². The molecule has 3 aromatic carbocycles. The number of nitrogens with zero attached hydrogens (tertiary/aromatic N) is 1. The summed E-state index contributed by atoms with van der Waals surface area (Å²) < 4.78 is 17.6. The molecule has 0 aliphatic carbocycles. The Balaban J connectivity index is 1.54. The second-order valence-electron chi connectivity index (χ2n) is 8.54. The van der Waals surface area contributed by atoms with Gasteiger partial charge in [0.1, 0.15) is 18.1 Å². The minimum absolute atomic E-state index is 0.567. The standard InChI is InChI=1S/C29H35NO3/c1-3-23-10-13-29-27(19-23)20-25-6-5-7-26(18-25)22-30(14-15-31-16-17-33-29)21-24-8-11-28(12-9-24)32-4-2/h5-13,18-19H,3-4,14-17,20-22H2,1-2H3. The maximum Gasteiger partial charge on any atom is 0.122 e. The van der Waals surface area contributed by atoms with Crippen molar-refractivity contribution in [2.45, 2.75) is 39.8 Å². The van der Waals surface area contributed by atoms with Gasteiger partial charge in [0.05, 0.1) is 19.8 Å². The number of aryl methyl sites for hydroxylation is 1. The van der Waals surface area contributed by atoms with Crippen LogP contribution in [0.4, 0.5) is 0 Å². The predicted molar refractivity (Wildman–Crippen MR) is 133 cm³/mol. The summed E-state index contributed by atoms with van der Waals surface area (Å²) in [7, 11) is 0. The molecule has 3 aromatic rings. The zero-order chi connectivity index (χ0) is 22.9. The van der Waals surface area contributed by atoms with Gasteiger partial charge in [-0.25, -0.2) is 0 Å². The fraction of sp³-hybridized carbons (Fsp3) is 0.379. The van der Waals surface area contributed by atoms with Crippen molar-refractivity contribution in [3.63, 3.8) is 0 Å². The van der Waals surface area contributed by atoms with Crippen LogP contribution in [-0.2, 0) is 30.7 Å². The summed E-state index contributed by atoms with van der Waals surface area (Å²) in [6.07, 6.45) is 1.90. The molecule has 1 aliphatic heterocycles. The van der Waals surface area contributed by atoms with Crippen LogP contribution in [0.3, 0.4) is 0 Å². The van der Waals surface area contributed by atoms with Crippen LogP contribution in [0.15, 0.2) is 66.7 Å². The third kappa shape index (κ3) is 6.83. The molecule has 0 fully saturated rings. The maximum atomic E-state index is 6.11. The first-order chi connectivity index (χ1) is 16.2. The molecule has 0 amide bonds. The first kappa shape index (κ1) is 23.3. The number of hydrogen-bond donors (Lipinski definition) is 0. The Kier molecular flexibility index (Phi) is 8.40. The number of benzene rings is 3. The molecule has 33 heavy (non-hydrogen) atoms. The topological polar surface area (TPSA) is 30.9 Å². The predicted octanol–water partition coefficient (Wildman–Crippen LogP) is 5.65. The molecule has 2 bridgehead atoms. The van der Waals surface area contributed by atoms with Gasteiger partial charge in [0, 0.05) is 26.1 Å². The van der Waals surface area contributed by atoms with Crippen LogP contribution in [0.5, 0.6) is 11.5 Å². The van der Waals surface area contributed by atoms with Crippen LogP contribution >= 0.6 is 0 Å². The van der Waals surface area contributed by atoms with Gasteiger partial charge in [-0.15, -0.1) is 0 Å². The summed E-state index contributed by atoms with van der Waals surface area (Å²) in [6.45, 7) is 9.37. The highest BCUT2D eigenvalue weighted by Gasteiger charge is 2.12. The van der Waals surface area contributed by atoms with Crippen molar-refractivity contribution in [1.82, 2.24) is 4.90 Å². The summed E-state index contributed by atoms with van der Waals surface area (Å²) in [6, 6.07) is 23.9. The number of ether oxygens (including phenoxy) is 3. The van der Waals surface area contributed by atoms with Gasteiger partial charge in [-0.1, -0.05) is 55.5 Å². The molecule has 0 unspecified atom stereocenters. The average Bonchev–Trinajstić information content (AvgIpc) is 2.83. The van der Waals surface area contributed by atoms with E-state index in [9.17, 15) is 0 Å². The van der Waals surface area contributed by atoms with Crippen LogP contribution in [-0.4, -0.2) is 37.9 Å². The van der Waals surface area contributed by atoms with Gasteiger partial charge in [-0.05, 0) is 59.4 Å². The van der Waals surface area contributed by atoms with Crippen molar-refractivity contribution < 1.29 is 14.2 Å². The smallest absolute Gasteiger partial charge is 0.122 e. The summed E-state index contributed by atoms with van der Waals surface area (Å²) in [5.74, 6) is 1.89. The Hall–Kier alpha value is -2.82. The minimum atomic E-state index is 0.567. The van der Waals surface area contributed by atoms with E-state index < -0.39 is 0 Å². The molecular weight excluding hydrogens is 410 g/mol. The number of rotatable bonds is 5. The highest BCUT2D eigenvalue weighted by molar-refractivity contribution is 5.41. The van der Waals surface area contributed by atoms with E-state index in [2.05, 4.69) is 78.6 Å². The molecule has 4 nitrogen and oxygen atoms in total. The van der Waals surface area contributed by atoms with Gasteiger partial charge in [0.15, 0.2) is 0 Å². The Morgan fingerprint density at radius 2 is 1.67 bits per heavy atom. The van der Waals surface area contributed by atoms with Crippen molar-refractivity contribution >= 4 is 0 Å². The summed E-state index contributed by atoms with van der Waals surface area (Å²) in [5, 5.41) is 0. The van der Waals surface area contributed by atoms with E-state index in [1.807, 2.05) is 6.92 Å². The van der Waals surface area contributed by atoms with E-state index in [0.29, 0.717) is 26.4 Å². The second kappa shape index (κ2) is 11.9. The average molecular weight is 446 g/mol. The molecule has 0 saturated carbocycles. The van der Waals surface area contributed by atoms with E-state index in [-0.39, 0.29) is 0 Å². The molecule has 0 atom stereocenters. The zero-order valence-electron chi connectivity index (χ0n) is 19.9. The maximum absolute atomic E-state index is 6.11. The Morgan fingerprint density at radius 3 is 2.48 bits per heavy atom. The fourth-order valence-electron chi connectivity index (χ4n) is 4.28. The zero-order valence-corrected chi connectivity index (χ0v) is 19.9. The molecule has 0 N–H and O–H groups in total. The molecule has 0 saturated heterocycles. The Labute approximate surface area is 198 Å². The molecule has 0 spiro atoms. The first-order valence-electron chi connectivity index (χ1n) is 12.1. The van der Waals surface area contributed by atoms with E-state index >= 15 is 0 Å². The van der Waals surface area contributed by atoms with E-state index in [1.54, 1.807) is 0 Å². The molecule has 0 aromatic heterocycles. The van der Waals surface area contributed by atoms with E-state index in [4.69, 9.17) is 14.2 Å². The Bertz CT molecular complexity index is 1020. The monoisotopic (exact) mass is 445 g/mol. The van der Waals surface area contributed by atoms with Crippen LogP contribution in [0, 0.1) is 0 Å². The lowest BCUT2D eigenvalue weighted by atomic mass is 9.99. The number of fused-ring (bicyclic) bond motifs is 3. The van der Waals surface area contributed by atoms with Gasteiger partial charge in [0.25, 0.3) is 0 Å². The van der Waals surface area contributed by atoms with Crippen molar-refractivity contribution in [3.8, 4) is 11.5 Å². The van der Waals surface area contributed by atoms with E-state index in [0.717, 1.165) is 44.0 Å². The largest absolute Gasteiger partial charge is 0.494 e. The van der Waals surface area contributed by atoms with Crippen molar-refractivity contribution in [3.05, 3.63) is 94.5 Å². The molecule has 4 heteroatoms. The molecule has 174 valence electrons. The van der Waals surface area contributed by atoms with Crippen molar-refractivity contribution in [2.75, 3.05) is 33.0 Å². The third-order valence-corrected chi connectivity index (χ3v) is 6.00. The first-order valence-corrected chi connectivity index (χ1v) is 12.1. The lowest BCUT2D eigenvalue weighted by Gasteiger charge is -2.23. The third-order valence-electron chi connectivity index (χ3n) is 6.00. The summed E-state index contributed by atoms with van der Waals surface area (Å²) in [5.41, 5.74) is 6.51. The van der Waals surface area contributed by atoms with Gasteiger partial charge in [-0.3, -0.25) is 4.90 Å². The van der Waals surface area contributed by atoms with E-state index in [1.165, 1.54) is 27.8 Å². The van der Waals surface area contributed by atoms with Gasteiger partial charge < -0.3 is 14.2 Å². The molecular formula is C29H35NO3. The lowest BCUT2D eigenvalue weighted by Crippen LogP contribution is -2.27. The van der Waals surface area contributed by atoms with Crippen LogP contribution in [0.1, 0.15) is 41.7 Å². The second-order valence-corrected chi connectivity index (χ2v) is 8.54. The quantitative estimate of drug-likeness (QED) is 0.508. The molecule has 1 heterocycles. The van der Waals surface area contributed by atoms with Crippen LogP contribution in [0.2, 0.25) is 0 Å². The van der Waals surface area contributed by atoms with Gasteiger partial charge in [-0.2, -0.15) is 0 Å². The highest BCUT2D eigenvalue weighted by atomic mass is 16.5. The molecule has 4 rings (SSSR count).